The minimum absolute atomic E-state index is 0.0619. The van der Waals surface area contributed by atoms with Crippen LogP contribution in [0.2, 0.25) is 5.02 Å². The fourth-order valence-corrected chi connectivity index (χ4v) is 3.65. The molecular formula is C18H21ClN2O4S. The molecule has 0 saturated heterocycles. The van der Waals surface area contributed by atoms with Crippen LogP contribution in [0.1, 0.15) is 30.9 Å². The molecule has 0 spiro atoms. The average Bonchev–Trinajstić information content (AvgIpc) is 2.58. The highest BCUT2D eigenvalue weighted by Crippen LogP contribution is 2.27. The molecule has 2 rings (SSSR count). The zero-order chi connectivity index (χ0) is 19.3. The molecule has 2 N–H and O–H groups in total. The molecule has 0 heterocycles. The van der Waals surface area contributed by atoms with E-state index in [1.807, 2.05) is 43.8 Å². The molecule has 1 amide bonds. The van der Waals surface area contributed by atoms with E-state index in [0.29, 0.717) is 5.75 Å². The van der Waals surface area contributed by atoms with E-state index < -0.39 is 15.9 Å². The maximum absolute atomic E-state index is 12.2. The van der Waals surface area contributed by atoms with Crippen LogP contribution in [0.4, 0.5) is 0 Å². The zero-order valence-corrected chi connectivity index (χ0v) is 16.3. The average molecular weight is 397 g/mol. The van der Waals surface area contributed by atoms with Crippen molar-refractivity contribution in [2.75, 3.05) is 6.61 Å². The number of rotatable bonds is 7. The van der Waals surface area contributed by atoms with Gasteiger partial charge in [0.1, 0.15) is 10.6 Å². The SMILES string of the molecule is Cc1ccc(C(C)C)c(OCC(=O)NNS(=O)(=O)c2ccccc2Cl)c1. The molecule has 0 bridgehead atoms. The Bertz CT molecular complexity index is 898. The fourth-order valence-electron chi connectivity index (χ4n) is 2.26. The second kappa shape index (κ2) is 8.53. The summed E-state index contributed by atoms with van der Waals surface area (Å²) in [4.78, 5) is 13.8. The van der Waals surface area contributed by atoms with Gasteiger partial charge in [-0.3, -0.25) is 10.2 Å². The second-order valence-electron chi connectivity index (χ2n) is 6.07. The molecule has 0 atom stereocenters. The third kappa shape index (κ3) is 5.20. The lowest BCUT2D eigenvalue weighted by atomic mass is 10.0. The first kappa shape index (κ1) is 20.2. The molecule has 0 fully saturated rings. The predicted molar refractivity (Wildman–Crippen MR) is 101 cm³/mol. The number of hydrogen-bond donors (Lipinski definition) is 2. The maximum atomic E-state index is 12.2. The molecule has 0 aromatic heterocycles. The standard InChI is InChI=1S/C18H21ClN2O4S/c1-12(2)14-9-8-13(3)10-16(14)25-11-18(22)20-21-26(23,24)17-7-5-4-6-15(17)19/h4-10,12,21H,11H2,1-3H3,(H,20,22). The van der Waals surface area contributed by atoms with Crippen molar-refractivity contribution in [3.8, 4) is 5.75 Å². The monoisotopic (exact) mass is 396 g/mol. The van der Waals surface area contributed by atoms with E-state index in [1.165, 1.54) is 18.2 Å². The van der Waals surface area contributed by atoms with Crippen LogP contribution in [0.25, 0.3) is 0 Å². The largest absolute Gasteiger partial charge is 0.483 e. The lowest BCUT2D eigenvalue weighted by molar-refractivity contribution is -0.123. The maximum Gasteiger partial charge on any atom is 0.272 e. The van der Waals surface area contributed by atoms with Gasteiger partial charge in [0, 0.05) is 0 Å². The number of nitrogens with one attached hydrogen (secondary N) is 2. The highest BCUT2D eigenvalue weighted by atomic mass is 35.5. The number of halogens is 1. The van der Waals surface area contributed by atoms with Gasteiger partial charge in [-0.05, 0) is 42.2 Å². The summed E-state index contributed by atoms with van der Waals surface area (Å²) in [5.74, 6) is 0.202. The Balaban J connectivity index is 1.98. The fraction of sp³-hybridized carbons (Fsp3) is 0.278. The van der Waals surface area contributed by atoms with E-state index in [9.17, 15) is 13.2 Å². The predicted octanol–water partition coefficient (Wildman–Crippen LogP) is 3.16. The Hall–Kier alpha value is -2.09. The summed E-state index contributed by atoms with van der Waals surface area (Å²) in [5, 5.41) is 0.0619. The number of carbonyl (C=O) groups is 1. The van der Waals surface area contributed by atoms with Gasteiger partial charge < -0.3 is 4.74 Å². The topological polar surface area (TPSA) is 84.5 Å². The third-order valence-corrected chi connectivity index (χ3v) is 5.35. The zero-order valence-electron chi connectivity index (χ0n) is 14.7. The first-order chi connectivity index (χ1) is 12.2. The molecule has 0 aliphatic heterocycles. The van der Waals surface area contributed by atoms with Crippen molar-refractivity contribution in [2.24, 2.45) is 0 Å². The molecule has 2 aromatic rings. The third-order valence-electron chi connectivity index (χ3n) is 3.60. The van der Waals surface area contributed by atoms with Crippen molar-refractivity contribution >= 4 is 27.5 Å². The smallest absolute Gasteiger partial charge is 0.272 e. The Morgan fingerprint density at radius 2 is 1.88 bits per heavy atom. The van der Waals surface area contributed by atoms with Gasteiger partial charge in [0.15, 0.2) is 6.61 Å². The number of carbonyl (C=O) groups excluding carboxylic acids is 1. The second-order valence-corrected chi connectivity index (χ2v) is 8.13. The molecule has 0 aliphatic carbocycles. The summed E-state index contributed by atoms with van der Waals surface area (Å²) in [6, 6.07) is 11.7. The van der Waals surface area contributed by atoms with E-state index in [0.717, 1.165) is 11.1 Å². The Labute approximate surface area is 158 Å². The van der Waals surface area contributed by atoms with E-state index in [1.54, 1.807) is 6.07 Å². The van der Waals surface area contributed by atoms with Crippen LogP contribution in [0.15, 0.2) is 47.4 Å². The van der Waals surface area contributed by atoms with Crippen LogP contribution in [-0.2, 0) is 14.8 Å². The molecule has 2 aromatic carbocycles. The van der Waals surface area contributed by atoms with Crippen molar-refractivity contribution in [2.45, 2.75) is 31.6 Å². The molecule has 6 nitrogen and oxygen atoms in total. The van der Waals surface area contributed by atoms with E-state index in [4.69, 9.17) is 16.3 Å². The first-order valence-electron chi connectivity index (χ1n) is 7.99. The highest BCUT2D eigenvalue weighted by molar-refractivity contribution is 7.89. The van der Waals surface area contributed by atoms with Crippen LogP contribution in [0.3, 0.4) is 0 Å². The van der Waals surface area contributed by atoms with Gasteiger partial charge in [-0.15, -0.1) is 4.83 Å². The Morgan fingerprint density at radius 1 is 1.19 bits per heavy atom. The molecule has 8 heteroatoms. The summed E-state index contributed by atoms with van der Waals surface area (Å²) in [6.45, 7) is 5.65. The summed E-state index contributed by atoms with van der Waals surface area (Å²) >= 11 is 5.87. The van der Waals surface area contributed by atoms with Crippen LogP contribution < -0.4 is 15.0 Å². The molecular weight excluding hydrogens is 376 g/mol. The lowest BCUT2D eigenvalue weighted by Crippen LogP contribution is -2.43. The van der Waals surface area contributed by atoms with E-state index in [-0.39, 0.29) is 22.4 Å². The minimum atomic E-state index is -3.97. The van der Waals surface area contributed by atoms with Gasteiger partial charge in [-0.2, -0.15) is 0 Å². The lowest BCUT2D eigenvalue weighted by Gasteiger charge is -2.15. The minimum Gasteiger partial charge on any atom is -0.483 e. The summed E-state index contributed by atoms with van der Waals surface area (Å²) in [7, 11) is -3.97. The Kier molecular flexibility index (Phi) is 6.63. The number of benzene rings is 2. The highest BCUT2D eigenvalue weighted by Gasteiger charge is 2.18. The molecule has 0 saturated carbocycles. The summed E-state index contributed by atoms with van der Waals surface area (Å²) in [5.41, 5.74) is 4.10. The van der Waals surface area contributed by atoms with Gasteiger partial charge in [0.2, 0.25) is 0 Å². The number of amides is 1. The van der Waals surface area contributed by atoms with Crippen LogP contribution in [0, 0.1) is 6.92 Å². The molecule has 0 unspecified atom stereocenters. The molecule has 26 heavy (non-hydrogen) atoms. The Morgan fingerprint density at radius 3 is 2.54 bits per heavy atom. The normalized spacial score (nSPS) is 11.4. The van der Waals surface area contributed by atoms with Gasteiger partial charge in [-0.1, -0.05) is 49.7 Å². The number of ether oxygens (including phenoxy) is 1. The van der Waals surface area contributed by atoms with Crippen LogP contribution in [-0.4, -0.2) is 20.9 Å². The van der Waals surface area contributed by atoms with Crippen LogP contribution >= 0.6 is 11.6 Å². The molecule has 0 aliphatic rings. The number of aryl methyl sites for hydroxylation is 1. The van der Waals surface area contributed by atoms with Crippen molar-refractivity contribution in [1.29, 1.82) is 0 Å². The van der Waals surface area contributed by atoms with Crippen molar-refractivity contribution in [3.63, 3.8) is 0 Å². The summed E-state index contributed by atoms with van der Waals surface area (Å²) < 4.78 is 29.9. The quantitative estimate of drug-likeness (QED) is 0.704. The number of hydrazine groups is 1. The van der Waals surface area contributed by atoms with Crippen molar-refractivity contribution in [1.82, 2.24) is 10.3 Å². The molecule has 140 valence electrons. The number of sulfonamides is 1. The first-order valence-corrected chi connectivity index (χ1v) is 9.85. The summed E-state index contributed by atoms with van der Waals surface area (Å²) in [6.07, 6.45) is 0. The molecule has 0 radical (unpaired) electrons. The van der Waals surface area contributed by atoms with E-state index in [2.05, 4.69) is 5.43 Å². The van der Waals surface area contributed by atoms with Crippen molar-refractivity contribution in [3.05, 3.63) is 58.6 Å². The van der Waals surface area contributed by atoms with Gasteiger partial charge in [0.25, 0.3) is 15.9 Å². The van der Waals surface area contributed by atoms with Gasteiger partial charge in [0.05, 0.1) is 5.02 Å². The van der Waals surface area contributed by atoms with Crippen LogP contribution in [0.5, 0.6) is 5.75 Å². The van der Waals surface area contributed by atoms with Gasteiger partial charge in [-0.25, -0.2) is 8.42 Å². The van der Waals surface area contributed by atoms with E-state index >= 15 is 0 Å². The van der Waals surface area contributed by atoms with Crippen molar-refractivity contribution < 1.29 is 17.9 Å². The number of hydrogen-bond acceptors (Lipinski definition) is 4. The van der Waals surface area contributed by atoms with Gasteiger partial charge >= 0.3 is 0 Å².